The van der Waals surface area contributed by atoms with Gasteiger partial charge in [0.2, 0.25) is 11.9 Å². The van der Waals surface area contributed by atoms with Gasteiger partial charge in [0.15, 0.2) is 0 Å². The van der Waals surface area contributed by atoms with Crippen LogP contribution in [0.1, 0.15) is 13.3 Å². The van der Waals surface area contributed by atoms with E-state index in [9.17, 15) is 4.79 Å². The number of rotatable bonds is 4. The van der Waals surface area contributed by atoms with Crippen LogP contribution < -0.4 is 11.1 Å². The van der Waals surface area contributed by atoms with Crippen LogP contribution >= 0.6 is 0 Å². The van der Waals surface area contributed by atoms with Crippen molar-refractivity contribution < 1.29 is 10.0 Å². The fraction of sp³-hybridized carbons (Fsp3) is 0.714. The number of nitrogens with zero attached hydrogens (tertiary/aromatic N) is 2. The average molecular weight is 188 g/mol. The Balaban J connectivity index is 3.78. The van der Waals surface area contributed by atoms with Crippen LogP contribution in [0.3, 0.4) is 0 Å². The average Bonchev–Trinajstić information content (AvgIpc) is 2.13. The number of hydrogen-bond donors (Lipinski definition) is 3. The molecule has 0 saturated carbocycles. The summed E-state index contributed by atoms with van der Waals surface area (Å²) in [7, 11) is 1.57. The van der Waals surface area contributed by atoms with Crippen LogP contribution in [-0.2, 0) is 4.79 Å². The molecule has 1 amide bonds. The Hall–Kier alpha value is -1.46. The molecule has 0 aromatic carbocycles. The number of nitrogens with two attached hydrogens (primary N) is 1. The zero-order chi connectivity index (χ0) is 10.3. The molecule has 0 aromatic rings. The van der Waals surface area contributed by atoms with Gasteiger partial charge in [-0.25, -0.2) is 0 Å². The molecule has 4 N–H and O–H groups in total. The van der Waals surface area contributed by atoms with Crippen LogP contribution in [0.25, 0.3) is 0 Å². The third-order valence-corrected chi connectivity index (χ3v) is 1.45. The Morgan fingerprint density at radius 1 is 1.69 bits per heavy atom. The molecule has 6 nitrogen and oxygen atoms in total. The van der Waals surface area contributed by atoms with Gasteiger partial charge < -0.3 is 21.2 Å². The smallest absolute Gasteiger partial charge is 0.239 e. The summed E-state index contributed by atoms with van der Waals surface area (Å²) < 4.78 is 0. The van der Waals surface area contributed by atoms with Crippen LogP contribution in [0, 0.1) is 0 Å². The number of guanidine groups is 1. The molecule has 0 heterocycles. The van der Waals surface area contributed by atoms with Crippen molar-refractivity contribution >= 4 is 11.9 Å². The minimum atomic E-state index is -0.143. The summed E-state index contributed by atoms with van der Waals surface area (Å²) in [5, 5.41) is 13.7. The van der Waals surface area contributed by atoms with Gasteiger partial charge in [0, 0.05) is 13.6 Å². The quantitative estimate of drug-likeness (QED) is 0.232. The van der Waals surface area contributed by atoms with E-state index in [1.165, 1.54) is 4.90 Å². The Morgan fingerprint density at radius 3 is 2.77 bits per heavy atom. The third kappa shape index (κ3) is 4.89. The van der Waals surface area contributed by atoms with Crippen LogP contribution in [0.4, 0.5) is 0 Å². The zero-order valence-corrected chi connectivity index (χ0v) is 7.95. The standard InChI is InChI=1S/C7H16N4O2/c1-3-4-9-6(12)5-11(2)7(8)10-13/h13H,3-5H2,1-2H3,(H2,8,10)(H,9,12). The van der Waals surface area contributed by atoms with Crippen molar-refractivity contribution in [3.8, 4) is 0 Å². The third-order valence-electron chi connectivity index (χ3n) is 1.45. The van der Waals surface area contributed by atoms with Gasteiger partial charge in [0.25, 0.3) is 0 Å². The van der Waals surface area contributed by atoms with Crippen molar-refractivity contribution in [2.24, 2.45) is 10.9 Å². The fourth-order valence-corrected chi connectivity index (χ4v) is 0.693. The summed E-state index contributed by atoms with van der Waals surface area (Å²) >= 11 is 0. The van der Waals surface area contributed by atoms with Crippen molar-refractivity contribution in [3.05, 3.63) is 0 Å². The van der Waals surface area contributed by atoms with Gasteiger partial charge in [-0.2, -0.15) is 0 Å². The molecule has 0 fully saturated rings. The highest BCUT2D eigenvalue weighted by Gasteiger charge is 2.07. The van der Waals surface area contributed by atoms with Crippen molar-refractivity contribution in [1.29, 1.82) is 0 Å². The van der Waals surface area contributed by atoms with Gasteiger partial charge in [-0.1, -0.05) is 12.1 Å². The minimum absolute atomic E-state index is 0.0772. The summed E-state index contributed by atoms with van der Waals surface area (Å²) in [5.74, 6) is -0.220. The number of carbonyl (C=O) groups excluding carboxylic acids is 1. The molecule has 0 bridgehead atoms. The second-order valence-corrected chi connectivity index (χ2v) is 2.66. The molecule has 0 radical (unpaired) electrons. The SMILES string of the molecule is CCCNC(=O)CN(C)C(N)=NO. The van der Waals surface area contributed by atoms with E-state index in [1.807, 2.05) is 6.92 Å². The molecule has 6 heteroatoms. The summed E-state index contributed by atoms with van der Waals surface area (Å²) in [6.45, 7) is 2.70. The van der Waals surface area contributed by atoms with E-state index in [-0.39, 0.29) is 18.4 Å². The summed E-state index contributed by atoms with van der Waals surface area (Å²) in [5.41, 5.74) is 5.24. The zero-order valence-electron chi connectivity index (χ0n) is 7.95. The summed E-state index contributed by atoms with van der Waals surface area (Å²) in [6, 6.07) is 0. The van der Waals surface area contributed by atoms with Crippen molar-refractivity contribution in [1.82, 2.24) is 10.2 Å². The molecule has 0 aliphatic heterocycles. The number of likely N-dealkylation sites (N-methyl/N-ethyl adjacent to an activating group) is 1. The number of amides is 1. The number of hydrogen-bond acceptors (Lipinski definition) is 3. The van der Waals surface area contributed by atoms with E-state index >= 15 is 0 Å². The predicted molar refractivity (Wildman–Crippen MR) is 49.3 cm³/mol. The van der Waals surface area contributed by atoms with Crippen molar-refractivity contribution in [2.75, 3.05) is 20.1 Å². The molecule has 0 aliphatic carbocycles. The van der Waals surface area contributed by atoms with Gasteiger partial charge in [0.1, 0.15) is 0 Å². The van der Waals surface area contributed by atoms with E-state index in [1.54, 1.807) is 7.05 Å². The van der Waals surface area contributed by atoms with E-state index in [2.05, 4.69) is 10.5 Å². The number of carbonyl (C=O) groups is 1. The first-order valence-electron chi connectivity index (χ1n) is 4.07. The van der Waals surface area contributed by atoms with Gasteiger partial charge in [-0.15, -0.1) is 0 Å². The van der Waals surface area contributed by atoms with Crippen LogP contribution in [0.5, 0.6) is 0 Å². The second kappa shape index (κ2) is 6.10. The molecule has 76 valence electrons. The summed E-state index contributed by atoms with van der Waals surface area (Å²) in [6.07, 6.45) is 0.888. The molecule has 0 saturated heterocycles. The molecule has 0 rings (SSSR count). The van der Waals surface area contributed by atoms with E-state index in [0.29, 0.717) is 6.54 Å². The van der Waals surface area contributed by atoms with E-state index < -0.39 is 0 Å². The minimum Gasteiger partial charge on any atom is -0.408 e. The predicted octanol–water partition coefficient (Wildman–Crippen LogP) is -0.852. The molecule has 0 spiro atoms. The normalized spacial score (nSPS) is 11.1. The Labute approximate surface area is 77.4 Å². The highest BCUT2D eigenvalue weighted by Crippen LogP contribution is 1.81. The van der Waals surface area contributed by atoms with Crippen LogP contribution in [0.2, 0.25) is 0 Å². The Morgan fingerprint density at radius 2 is 2.31 bits per heavy atom. The first kappa shape index (κ1) is 11.5. The molecule has 0 aromatic heterocycles. The first-order valence-corrected chi connectivity index (χ1v) is 4.07. The maximum absolute atomic E-state index is 11.1. The van der Waals surface area contributed by atoms with Crippen molar-refractivity contribution in [3.63, 3.8) is 0 Å². The van der Waals surface area contributed by atoms with Gasteiger partial charge in [-0.3, -0.25) is 4.79 Å². The maximum Gasteiger partial charge on any atom is 0.239 e. The molecule has 0 aliphatic rings. The second-order valence-electron chi connectivity index (χ2n) is 2.66. The van der Waals surface area contributed by atoms with E-state index in [4.69, 9.17) is 10.9 Å². The molecular formula is C7H16N4O2. The lowest BCUT2D eigenvalue weighted by Crippen LogP contribution is -2.41. The summed E-state index contributed by atoms with van der Waals surface area (Å²) in [4.78, 5) is 12.4. The lowest BCUT2D eigenvalue weighted by molar-refractivity contribution is -0.121. The van der Waals surface area contributed by atoms with Gasteiger partial charge >= 0.3 is 0 Å². The van der Waals surface area contributed by atoms with Gasteiger partial charge in [-0.05, 0) is 6.42 Å². The lowest BCUT2D eigenvalue weighted by Gasteiger charge is -2.15. The maximum atomic E-state index is 11.1. The Bertz CT molecular complexity index is 193. The number of oxime groups is 1. The fourth-order valence-electron chi connectivity index (χ4n) is 0.693. The van der Waals surface area contributed by atoms with Crippen LogP contribution in [0.15, 0.2) is 5.16 Å². The largest absolute Gasteiger partial charge is 0.408 e. The monoisotopic (exact) mass is 188 g/mol. The molecular weight excluding hydrogens is 172 g/mol. The highest BCUT2D eigenvalue weighted by molar-refractivity contribution is 5.85. The topological polar surface area (TPSA) is 91.0 Å². The molecule has 0 unspecified atom stereocenters. The van der Waals surface area contributed by atoms with Crippen LogP contribution in [-0.4, -0.2) is 42.1 Å². The van der Waals surface area contributed by atoms with E-state index in [0.717, 1.165) is 6.42 Å². The number of nitrogens with one attached hydrogen (secondary N) is 1. The van der Waals surface area contributed by atoms with Gasteiger partial charge in [0.05, 0.1) is 6.54 Å². The lowest BCUT2D eigenvalue weighted by atomic mass is 10.4. The highest BCUT2D eigenvalue weighted by atomic mass is 16.4. The van der Waals surface area contributed by atoms with Crippen molar-refractivity contribution in [2.45, 2.75) is 13.3 Å². The molecule has 13 heavy (non-hydrogen) atoms. The Kier molecular flexibility index (Phi) is 5.42. The molecule has 0 atom stereocenters. The first-order chi connectivity index (χ1) is 6.11.